The summed E-state index contributed by atoms with van der Waals surface area (Å²) in [5, 5.41) is 0. The van der Waals surface area contributed by atoms with Crippen LogP contribution < -0.4 is 0 Å². The molecule has 0 spiro atoms. The van der Waals surface area contributed by atoms with Crippen LogP contribution in [0.5, 0.6) is 0 Å². The highest BCUT2D eigenvalue weighted by atomic mass is 80.0. The Morgan fingerprint density at radius 1 is 0.556 bits per heavy atom. The number of benzene rings is 2. The van der Waals surface area contributed by atoms with E-state index >= 15 is 0 Å². The lowest BCUT2D eigenvalue weighted by atomic mass is 10.1. The molecule has 150 valence electrons. The van der Waals surface area contributed by atoms with Crippen LogP contribution in [-0.4, -0.2) is 9.89 Å². The third kappa shape index (κ3) is 8.63. The molecule has 27 heavy (non-hydrogen) atoms. The number of hydrogen-bond donors (Lipinski definition) is 0. The summed E-state index contributed by atoms with van der Waals surface area (Å²) in [7, 11) is -3.43. The van der Waals surface area contributed by atoms with Crippen molar-refractivity contribution in [3.8, 4) is 0 Å². The highest BCUT2D eigenvalue weighted by Crippen LogP contribution is 2.53. The van der Waals surface area contributed by atoms with Gasteiger partial charge in [-0.05, 0) is 71.0 Å². The molecule has 0 amide bonds. The van der Waals surface area contributed by atoms with Gasteiger partial charge in [-0.3, -0.25) is 0 Å². The van der Waals surface area contributed by atoms with Gasteiger partial charge in [-0.25, -0.2) is 8.42 Å². The van der Waals surface area contributed by atoms with Gasteiger partial charge in [-0.1, -0.05) is 138 Å². The molecule has 0 saturated carbocycles. The first-order valence-electron chi connectivity index (χ1n) is 6.68. The smallest absolute Gasteiger partial charge is 0.220 e. The van der Waals surface area contributed by atoms with Crippen molar-refractivity contribution in [2.45, 2.75) is 10.7 Å². The first-order valence-corrected chi connectivity index (χ1v) is 15.3. The molecular weight excluding hydrogens is 963 g/mol. The van der Waals surface area contributed by atoms with E-state index in [4.69, 9.17) is 0 Å². The van der Waals surface area contributed by atoms with Gasteiger partial charge in [0.1, 0.15) is 0 Å². The van der Waals surface area contributed by atoms with Gasteiger partial charge in [0.15, 0.2) is 4.29 Å². The minimum Gasteiger partial charge on any atom is -0.220 e. The summed E-state index contributed by atoms with van der Waals surface area (Å²) in [4.78, 5) is 0.251. The maximum Gasteiger partial charge on any atom is 0.239 e. The summed E-state index contributed by atoms with van der Waals surface area (Å²) in [6.07, 6.45) is 0. The van der Waals surface area contributed by atoms with Gasteiger partial charge in [0.2, 0.25) is 11.3 Å². The Morgan fingerprint density at radius 3 is 1.19 bits per heavy atom. The molecule has 0 aliphatic carbocycles. The third-order valence-electron chi connectivity index (χ3n) is 2.90. The topological polar surface area (TPSA) is 34.1 Å². The Bertz CT molecular complexity index is 818. The number of rotatable bonds is 1. The SMILES string of the molecule is BrC(Br)(Br)c1ccccc1C(Br)(Br)Br.O=S(=O)(c1ccccc1)C(Br)(Br)Br. The molecule has 2 rings (SSSR count). The Hall–Kier alpha value is 2.71. The maximum absolute atomic E-state index is 11.7. The summed E-state index contributed by atoms with van der Waals surface area (Å²) in [6.45, 7) is 0. The van der Waals surface area contributed by atoms with Crippen molar-refractivity contribution >= 4 is 153 Å². The molecular formula is C15H9Br9O2S. The number of hydrogen-bond acceptors (Lipinski definition) is 2. The molecule has 0 unspecified atom stereocenters. The molecule has 2 nitrogen and oxygen atoms in total. The first kappa shape index (κ1) is 27.7. The van der Waals surface area contributed by atoms with Crippen molar-refractivity contribution in [3.05, 3.63) is 65.7 Å². The van der Waals surface area contributed by atoms with Gasteiger partial charge in [-0.15, -0.1) is 0 Å². The average Bonchev–Trinajstić information content (AvgIpc) is 2.54. The normalized spacial score (nSPS) is 12.9. The molecule has 0 aliphatic rings. The van der Waals surface area contributed by atoms with Crippen molar-refractivity contribution < 1.29 is 8.42 Å². The highest BCUT2D eigenvalue weighted by molar-refractivity contribution is 9.42. The van der Waals surface area contributed by atoms with Crippen molar-refractivity contribution in [2.24, 2.45) is 0 Å². The predicted octanol–water partition coefficient (Wildman–Crippen LogP) is 9.53. The van der Waals surface area contributed by atoms with Gasteiger partial charge in [0.25, 0.3) is 0 Å². The summed E-state index contributed by atoms with van der Waals surface area (Å²) >= 11 is 30.0. The van der Waals surface area contributed by atoms with Crippen LogP contribution in [0.1, 0.15) is 11.1 Å². The molecule has 2 aromatic carbocycles. The first-order chi connectivity index (χ1) is 12.1. The monoisotopic (exact) mass is 963 g/mol. The molecule has 0 saturated heterocycles. The molecule has 0 aromatic heterocycles. The van der Waals surface area contributed by atoms with Gasteiger partial charge in [0, 0.05) is 0 Å². The quantitative estimate of drug-likeness (QED) is 0.267. The molecule has 0 N–H and O–H groups in total. The fourth-order valence-electron chi connectivity index (χ4n) is 1.71. The zero-order chi connectivity index (χ0) is 21.1. The zero-order valence-electron chi connectivity index (χ0n) is 12.8. The van der Waals surface area contributed by atoms with Crippen molar-refractivity contribution in [2.75, 3.05) is 0 Å². The van der Waals surface area contributed by atoms with E-state index in [0.717, 1.165) is 11.1 Å². The van der Waals surface area contributed by atoms with E-state index in [1.165, 1.54) is 12.1 Å². The van der Waals surface area contributed by atoms with Gasteiger partial charge >= 0.3 is 0 Å². The molecule has 0 atom stereocenters. The number of alkyl halides is 9. The molecule has 0 aliphatic heterocycles. The second-order valence-electron chi connectivity index (χ2n) is 4.80. The van der Waals surface area contributed by atoms with Crippen molar-refractivity contribution in [1.29, 1.82) is 0 Å². The van der Waals surface area contributed by atoms with Gasteiger partial charge in [-0.2, -0.15) is 0 Å². The molecule has 0 bridgehead atoms. The minimum atomic E-state index is -3.43. The van der Waals surface area contributed by atoms with Crippen molar-refractivity contribution in [3.63, 3.8) is 0 Å². The average molecular weight is 972 g/mol. The number of halogens is 9. The Kier molecular flexibility index (Phi) is 11.3. The van der Waals surface area contributed by atoms with Crippen LogP contribution in [0.25, 0.3) is 0 Å². The molecule has 2 aromatic rings. The van der Waals surface area contributed by atoms with E-state index in [0.29, 0.717) is 0 Å². The summed E-state index contributed by atoms with van der Waals surface area (Å²) in [5.41, 5.74) is 2.15. The van der Waals surface area contributed by atoms with Crippen LogP contribution in [0.3, 0.4) is 0 Å². The van der Waals surface area contributed by atoms with E-state index in [-0.39, 0.29) is 4.90 Å². The van der Waals surface area contributed by atoms with Crippen LogP contribution in [-0.2, 0) is 14.1 Å². The minimum absolute atomic E-state index is 0.251. The predicted molar refractivity (Wildman–Crippen MR) is 146 cm³/mol. The van der Waals surface area contributed by atoms with Gasteiger partial charge in [0.05, 0.1) is 4.90 Å². The van der Waals surface area contributed by atoms with Gasteiger partial charge < -0.3 is 0 Å². The Morgan fingerprint density at radius 2 is 0.889 bits per heavy atom. The largest absolute Gasteiger partial charge is 0.239 e. The number of sulfone groups is 1. The van der Waals surface area contributed by atoms with E-state index in [9.17, 15) is 8.42 Å². The standard InChI is InChI=1S/C8H4Br6.C7H5Br3O2S/c9-7(10,11)5-3-1-2-4-6(5)8(12,13)14;8-7(9,10)13(11,12)6-4-2-1-3-5-6/h1-4H;1-5H. The second kappa shape index (κ2) is 11.0. The summed E-state index contributed by atoms with van der Waals surface area (Å²) in [5.74, 6) is 0. The summed E-state index contributed by atoms with van der Waals surface area (Å²) < 4.78 is 21.3. The van der Waals surface area contributed by atoms with E-state index in [1.54, 1.807) is 18.2 Å². The Labute approximate surface area is 234 Å². The van der Waals surface area contributed by atoms with Crippen LogP contribution in [0.15, 0.2) is 59.5 Å². The summed E-state index contributed by atoms with van der Waals surface area (Å²) in [6, 6.07) is 16.2. The fraction of sp³-hybridized carbons (Fsp3) is 0.200. The molecule has 0 radical (unpaired) electrons. The molecule has 12 heteroatoms. The van der Waals surface area contributed by atoms with Crippen LogP contribution in [0, 0.1) is 0 Å². The van der Waals surface area contributed by atoms with E-state index in [1.807, 2.05) is 24.3 Å². The third-order valence-corrected chi connectivity index (χ3v) is 10.8. The Balaban J connectivity index is 0.000000271. The van der Waals surface area contributed by atoms with Crippen LogP contribution in [0.2, 0.25) is 0 Å². The maximum atomic E-state index is 11.7. The van der Waals surface area contributed by atoms with Crippen molar-refractivity contribution in [1.82, 2.24) is 0 Å². The van der Waals surface area contributed by atoms with Crippen LogP contribution >= 0.6 is 143 Å². The second-order valence-corrected chi connectivity index (χ2v) is 28.8. The highest BCUT2D eigenvalue weighted by Gasteiger charge is 2.37. The zero-order valence-corrected chi connectivity index (χ0v) is 27.9. The van der Waals surface area contributed by atoms with E-state index < -0.39 is 15.6 Å². The molecule has 0 heterocycles. The fourth-order valence-corrected chi connectivity index (χ4v) is 6.25. The lowest BCUT2D eigenvalue weighted by Crippen LogP contribution is -2.17. The lowest BCUT2D eigenvalue weighted by Gasteiger charge is -2.22. The van der Waals surface area contributed by atoms with E-state index in [2.05, 4.69) is 143 Å². The van der Waals surface area contributed by atoms with Crippen LogP contribution in [0.4, 0.5) is 0 Å². The lowest BCUT2D eigenvalue weighted by molar-refractivity contribution is 0.599. The molecule has 0 fully saturated rings.